The largest absolute Gasteiger partial charge is 0.465 e. The van der Waals surface area contributed by atoms with Gasteiger partial charge in [-0.2, -0.15) is 0 Å². The van der Waals surface area contributed by atoms with Crippen molar-refractivity contribution in [2.24, 2.45) is 5.92 Å². The Labute approximate surface area is 159 Å². The Morgan fingerprint density at radius 1 is 1.33 bits per heavy atom. The monoisotopic (exact) mass is 384 g/mol. The predicted molar refractivity (Wildman–Crippen MR) is 101 cm³/mol. The summed E-state index contributed by atoms with van der Waals surface area (Å²) >= 11 is 6.25. The number of hydrogen-bond donors (Lipinski definition) is 2. The molecule has 0 radical (unpaired) electrons. The second-order valence-electron chi connectivity index (χ2n) is 6.64. The van der Waals surface area contributed by atoms with E-state index >= 15 is 0 Å². The van der Waals surface area contributed by atoms with Crippen LogP contribution >= 0.6 is 11.6 Å². The summed E-state index contributed by atoms with van der Waals surface area (Å²) in [5.74, 6) is 0.772. The molecule has 0 aliphatic heterocycles. The van der Waals surface area contributed by atoms with Gasteiger partial charge in [-0.1, -0.05) is 30.5 Å². The van der Waals surface area contributed by atoms with Crippen LogP contribution in [-0.2, 0) is 0 Å². The number of nitrogens with zero attached hydrogens (tertiary/aromatic N) is 3. The van der Waals surface area contributed by atoms with Gasteiger partial charge in [-0.15, -0.1) is 0 Å². The molecule has 8 heteroatoms. The number of carboxylic acid groups (broad SMARTS) is 1. The fourth-order valence-electron chi connectivity index (χ4n) is 3.24. The van der Waals surface area contributed by atoms with E-state index in [4.69, 9.17) is 11.6 Å². The highest BCUT2D eigenvalue weighted by atomic mass is 35.5. The van der Waals surface area contributed by atoms with E-state index in [-0.39, 0.29) is 5.56 Å². The molecule has 1 saturated carbocycles. The van der Waals surface area contributed by atoms with Crippen molar-refractivity contribution in [1.82, 2.24) is 19.9 Å². The van der Waals surface area contributed by atoms with Crippen molar-refractivity contribution in [2.75, 3.05) is 0 Å². The number of fused-ring (bicyclic) bond motifs is 1. The highest BCUT2D eigenvalue weighted by molar-refractivity contribution is 6.35. The van der Waals surface area contributed by atoms with Gasteiger partial charge in [-0.3, -0.25) is 14.3 Å². The Kier molecular flexibility index (Phi) is 4.53. The SMILES string of the molecule is O=C(O)N[C@@H](CC1CC1)c1nc2cccc(Cl)c2c(=O)n1-c1cccnc1. The van der Waals surface area contributed by atoms with Crippen LogP contribution in [0.15, 0.2) is 47.5 Å². The van der Waals surface area contributed by atoms with Crippen molar-refractivity contribution in [2.45, 2.75) is 25.3 Å². The van der Waals surface area contributed by atoms with Gasteiger partial charge < -0.3 is 10.4 Å². The van der Waals surface area contributed by atoms with Gasteiger partial charge >= 0.3 is 6.09 Å². The lowest BCUT2D eigenvalue weighted by Gasteiger charge is -2.21. The molecule has 0 bridgehead atoms. The molecule has 2 heterocycles. The quantitative estimate of drug-likeness (QED) is 0.701. The Morgan fingerprint density at radius 3 is 2.81 bits per heavy atom. The summed E-state index contributed by atoms with van der Waals surface area (Å²) in [5, 5.41) is 12.4. The third-order valence-corrected chi connectivity index (χ3v) is 4.97. The van der Waals surface area contributed by atoms with E-state index in [0.29, 0.717) is 39.8 Å². The van der Waals surface area contributed by atoms with Gasteiger partial charge in [0, 0.05) is 6.20 Å². The molecule has 4 rings (SSSR count). The molecule has 1 aliphatic rings. The minimum absolute atomic E-state index is 0.298. The van der Waals surface area contributed by atoms with E-state index in [1.165, 1.54) is 4.57 Å². The highest BCUT2D eigenvalue weighted by Crippen LogP contribution is 2.37. The maximum absolute atomic E-state index is 13.3. The molecular formula is C19H17ClN4O3. The number of aromatic nitrogens is 3. The number of hydrogen-bond acceptors (Lipinski definition) is 4. The van der Waals surface area contributed by atoms with Gasteiger partial charge in [0.25, 0.3) is 5.56 Å². The third-order valence-electron chi connectivity index (χ3n) is 4.65. The molecular weight excluding hydrogens is 368 g/mol. The lowest BCUT2D eigenvalue weighted by Crippen LogP contribution is -2.34. The lowest BCUT2D eigenvalue weighted by atomic mass is 10.1. The summed E-state index contributed by atoms with van der Waals surface area (Å²) in [6, 6.07) is 7.90. The molecule has 3 aromatic rings. The topological polar surface area (TPSA) is 97.1 Å². The first kappa shape index (κ1) is 17.5. The first-order valence-electron chi connectivity index (χ1n) is 8.65. The Morgan fingerprint density at radius 2 is 2.15 bits per heavy atom. The van der Waals surface area contributed by atoms with E-state index < -0.39 is 12.1 Å². The van der Waals surface area contributed by atoms with Crippen LogP contribution in [0.2, 0.25) is 5.02 Å². The number of amides is 1. The Hall–Kier alpha value is -2.93. The number of nitrogens with one attached hydrogen (secondary N) is 1. The minimum atomic E-state index is -1.15. The second kappa shape index (κ2) is 7.00. The van der Waals surface area contributed by atoms with Crippen molar-refractivity contribution in [3.63, 3.8) is 0 Å². The standard InChI is InChI=1S/C19H17ClN4O3/c20-13-4-1-5-14-16(13)18(25)24(12-3-2-8-21-10-12)17(22-14)15(23-19(26)27)9-11-6-7-11/h1-5,8,10-11,15,23H,6-7,9H2,(H,26,27)/t15-/m0/s1. The molecule has 0 unspecified atom stereocenters. The van der Waals surface area contributed by atoms with Crippen LogP contribution in [-0.4, -0.2) is 25.7 Å². The number of benzene rings is 1. The first-order chi connectivity index (χ1) is 13.0. The van der Waals surface area contributed by atoms with Gasteiger partial charge in [0.1, 0.15) is 5.82 Å². The number of rotatable bonds is 5. The van der Waals surface area contributed by atoms with Crippen molar-refractivity contribution in [3.05, 3.63) is 63.9 Å². The summed E-state index contributed by atoms with van der Waals surface area (Å²) in [4.78, 5) is 33.4. The van der Waals surface area contributed by atoms with Gasteiger partial charge in [-0.05, 0) is 36.6 Å². The van der Waals surface area contributed by atoms with Gasteiger partial charge in [-0.25, -0.2) is 9.78 Å². The van der Waals surface area contributed by atoms with Crippen LogP contribution in [0.5, 0.6) is 0 Å². The van der Waals surface area contributed by atoms with Gasteiger partial charge in [0.15, 0.2) is 0 Å². The molecule has 2 aromatic heterocycles. The summed E-state index contributed by atoms with van der Waals surface area (Å²) in [5.41, 5.74) is 0.608. The highest BCUT2D eigenvalue weighted by Gasteiger charge is 2.31. The van der Waals surface area contributed by atoms with Crippen LogP contribution in [0, 0.1) is 5.92 Å². The summed E-state index contributed by atoms with van der Waals surface area (Å²) in [7, 11) is 0. The van der Waals surface area contributed by atoms with E-state index in [9.17, 15) is 14.7 Å². The van der Waals surface area contributed by atoms with Crippen molar-refractivity contribution in [3.8, 4) is 5.69 Å². The molecule has 1 aromatic carbocycles. The van der Waals surface area contributed by atoms with Crippen molar-refractivity contribution < 1.29 is 9.90 Å². The predicted octanol–water partition coefficient (Wildman–Crippen LogP) is 3.54. The Balaban J connectivity index is 1.99. The van der Waals surface area contributed by atoms with Crippen molar-refractivity contribution in [1.29, 1.82) is 0 Å². The van der Waals surface area contributed by atoms with E-state index in [1.807, 2.05) is 0 Å². The molecule has 1 fully saturated rings. The zero-order valence-electron chi connectivity index (χ0n) is 14.3. The lowest BCUT2D eigenvalue weighted by molar-refractivity contribution is 0.187. The Bertz CT molecular complexity index is 1060. The minimum Gasteiger partial charge on any atom is -0.465 e. The summed E-state index contributed by atoms with van der Waals surface area (Å²) < 4.78 is 1.41. The normalized spacial score (nSPS) is 14.9. The van der Waals surface area contributed by atoms with Crippen LogP contribution in [0.4, 0.5) is 4.79 Å². The molecule has 7 nitrogen and oxygen atoms in total. The zero-order valence-corrected chi connectivity index (χ0v) is 15.1. The molecule has 2 N–H and O–H groups in total. The van der Waals surface area contributed by atoms with E-state index in [1.54, 1.807) is 42.7 Å². The molecule has 138 valence electrons. The number of pyridine rings is 1. The molecule has 1 atom stereocenters. The van der Waals surface area contributed by atoms with Crippen LogP contribution in [0.3, 0.4) is 0 Å². The number of carbonyl (C=O) groups is 1. The van der Waals surface area contributed by atoms with E-state index in [0.717, 1.165) is 12.8 Å². The van der Waals surface area contributed by atoms with Crippen LogP contribution < -0.4 is 10.9 Å². The molecule has 1 amide bonds. The summed E-state index contributed by atoms with van der Waals surface area (Å²) in [6.07, 6.45) is 4.68. The van der Waals surface area contributed by atoms with Crippen LogP contribution in [0.1, 0.15) is 31.1 Å². The molecule has 27 heavy (non-hydrogen) atoms. The maximum atomic E-state index is 13.3. The second-order valence-corrected chi connectivity index (χ2v) is 7.04. The molecule has 0 spiro atoms. The van der Waals surface area contributed by atoms with Crippen LogP contribution in [0.25, 0.3) is 16.6 Å². The molecule has 1 aliphatic carbocycles. The fraction of sp³-hybridized carbons (Fsp3) is 0.263. The maximum Gasteiger partial charge on any atom is 0.405 e. The molecule has 0 saturated heterocycles. The van der Waals surface area contributed by atoms with Gasteiger partial charge in [0.2, 0.25) is 0 Å². The average molecular weight is 385 g/mol. The fourth-order valence-corrected chi connectivity index (χ4v) is 3.49. The first-order valence-corrected chi connectivity index (χ1v) is 9.03. The zero-order chi connectivity index (χ0) is 19.0. The van der Waals surface area contributed by atoms with Gasteiger partial charge in [0.05, 0.1) is 33.9 Å². The third kappa shape index (κ3) is 3.50. The van der Waals surface area contributed by atoms with Crippen molar-refractivity contribution >= 4 is 28.6 Å². The van der Waals surface area contributed by atoms with E-state index in [2.05, 4.69) is 15.3 Å². The smallest absolute Gasteiger partial charge is 0.405 e. The average Bonchev–Trinajstić information content (AvgIpc) is 3.45. The number of halogens is 1. The summed E-state index contributed by atoms with van der Waals surface area (Å²) in [6.45, 7) is 0.